The van der Waals surface area contributed by atoms with Gasteiger partial charge in [-0.3, -0.25) is 4.98 Å². The van der Waals surface area contributed by atoms with E-state index in [-0.39, 0.29) is 6.61 Å². The molecule has 0 saturated heterocycles. The quantitative estimate of drug-likeness (QED) is 0.790. The topological polar surface area (TPSA) is 33.1 Å². The van der Waals surface area contributed by atoms with Crippen LogP contribution < -0.4 is 0 Å². The molecule has 0 amide bonds. The van der Waals surface area contributed by atoms with Gasteiger partial charge in [0.05, 0.1) is 6.61 Å². The predicted octanol–water partition coefficient (Wildman–Crippen LogP) is 2.30. The second kappa shape index (κ2) is 3.68. The highest BCUT2D eigenvalue weighted by atomic mass is 32.1. The lowest BCUT2D eigenvalue weighted by Gasteiger charge is -1.98. The van der Waals surface area contributed by atoms with E-state index in [0.717, 1.165) is 11.1 Å². The van der Waals surface area contributed by atoms with Gasteiger partial charge >= 0.3 is 0 Å². The van der Waals surface area contributed by atoms with E-state index >= 15 is 0 Å². The van der Waals surface area contributed by atoms with Crippen molar-refractivity contribution in [3.8, 4) is 10.4 Å². The molecular weight excluding hydrogens is 182 g/mol. The molecule has 0 spiro atoms. The summed E-state index contributed by atoms with van der Waals surface area (Å²) in [6.45, 7) is 0.0478. The molecule has 13 heavy (non-hydrogen) atoms. The maximum absolute atomic E-state index is 8.92. The summed E-state index contributed by atoms with van der Waals surface area (Å²) in [7, 11) is 0. The van der Waals surface area contributed by atoms with E-state index in [2.05, 4.69) is 4.98 Å². The third-order valence-electron chi connectivity index (χ3n) is 1.78. The van der Waals surface area contributed by atoms with Gasteiger partial charge in [-0.05, 0) is 23.1 Å². The molecule has 3 heteroatoms. The summed E-state index contributed by atoms with van der Waals surface area (Å²) in [6, 6.07) is 6.01. The molecule has 0 atom stereocenters. The number of aromatic nitrogens is 1. The molecule has 0 unspecified atom stereocenters. The van der Waals surface area contributed by atoms with Crippen LogP contribution >= 0.6 is 11.3 Å². The number of pyridine rings is 1. The van der Waals surface area contributed by atoms with E-state index in [0.29, 0.717) is 0 Å². The molecule has 0 aliphatic heterocycles. The Balaban J connectivity index is 2.41. The molecule has 66 valence electrons. The van der Waals surface area contributed by atoms with Crippen LogP contribution in [0.2, 0.25) is 0 Å². The molecule has 2 rings (SSSR count). The number of rotatable bonds is 2. The maximum Gasteiger partial charge on any atom is 0.0697 e. The zero-order valence-electron chi connectivity index (χ0n) is 6.97. The van der Waals surface area contributed by atoms with Gasteiger partial charge in [0, 0.05) is 22.8 Å². The Morgan fingerprint density at radius 1 is 1.38 bits per heavy atom. The lowest BCUT2D eigenvalue weighted by molar-refractivity contribution is 0.281. The van der Waals surface area contributed by atoms with Crippen LogP contribution in [0.1, 0.15) is 5.56 Å². The Kier molecular flexibility index (Phi) is 2.38. The molecular formula is C10H9NOS. The van der Waals surface area contributed by atoms with Crippen LogP contribution in [0.5, 0.6) is 0 Å². The summed E-state index contributed by atoms with van der Waals surface area (Å²) in [5.41, 5.74) is 1.92. The monoisotopic (exact) mass is 191 g/mol. The minimum Gasteiger partial charge on any atom is -0.392 e. The third kappa shape index (κ3) is 1.76. The van der Waals surface area contributed by atoms with E-state index in [1.807, 2.05) is 29.8 Å². The summed E-state index contributed by atoms with van der Waals surface area (Å²) in [6.07, 6.45) is 3.49. The number of thiophene rings is 1. The molecule has 2 aromatic rings. The van der Waals surface area contributed by atoms with Gasteiger partial charge in [-0.25, -0.2) is 0 Å². The van der Waals surface area contributed by atoms with Gasteiger partial charge in [0.1, 0.15) is 0 Å². The fourth-order valence-electron chi connectivity index (χ4n) is 1.15. The van der Waals surface area contributed by atoms with Gasteiger partial charge in [-0.1, -0.05) is 6.07 Å². The van der Waals surface area contributed by atoms with Gasteiger partial charge < -0.3 is 5.11 Å². The minimum absolute atomic E-state index is 0.0478. The first-order valence-corrected chi connectivity index (χ1v) is 4.87. The SMILES string of the molecule is OCc1cncc(-c2cccs2)c1. The largest absolute Gasteiger partial charge is 0.392 e. The summed E-state index contributed by atoms with van der Waals surface area (Å²) < 4.78 is 0. The molecule has 0 aromatic carbocycles. The molecule has 2 nitrogen and oxygen atoms in total. The molecule has 0 saturated carbocycles. The first kappa shape index (κ1) is 8.41. The molecule has 2 heterocycles. The fraction of sp³-hybridized carbons (Fsp3) is 0.100. The van der Waals surface area contributed by atoms with Crippen molar-refractivity contribution in [3.05, 3.63) is 41.5 Å². The number of nitrogens with zero attached hydrogens (tertiary/aromatic N) is 1. The predicted molar refractivity (Wildman–Crippen MR) is 53.5 cm³/mol. The van der Waals surface area contributed by atoms with E-state index in [9.17, 15) is 0 Å². The first-order chi connectivity index (χ1) is 6.40. The molecule has 0 aliphatic rings. The minimum atomic E-state index is 0.0478. The van der Waals surface area contributed by atoms with Crippen molar-refractivity contribution >= 4 is 11.3 Å². The Labute approximate surface area is 80.5 Å². The Morgan fingerprint density at radius 3 is 3.00 bits per heavy atom. The van der Waals surface area contributed by atoms with Crippen molar-refractivity contribution in [3.63, 3.8) is 0 Å². The van der Waals surface area contributed by atoms with Crippen molar-refractivity contribution in [2.75, 3.05) is 0 Å². The average molecular weight is 191 g/mol. The highest BCUT2D eigenvalue weighted by Gasteiger charge is 1.99. The second-order valence-electron chi connectivity index (χ2n) is 2.72. The summed E-state index contributed by atoms with van der Waals surface area (Å²) in [4.78, 5) is 5.24. The second-order valence-corrected chi connectivity index (χ2v) is 3.66. The van der Waals surface area contributed by atoms with E-state index in [1.54, 1.807) is 17.5 Å². The van der Waals surface area contributed by atoms with Crippen molar-refractivity contribution in [2.45, 2.75) is 6.61 Å². The van der Waals surface area contributed by atoms with Crippen LogP contribution in [-0.4, -0.2) is 10.1 Å². The van der Waals surface area contributed by atoms with Gasteiger partial charge in [-0.15, -0.1) is 11.3 Å². The number of hydrogen-bond acceptors (Lipinski definition) is 3. The zero-order valence-corrected chi connectivity index (χ0v) is 7.79. The summed E-state index contributed by atoms with van der Waals surface area (Å²) >= 11 is 1.67. The molecule has 1 N–H and O–H groups in total. The summed E-state index contributed by atoms with van der Waals surface area (Å²) in [5, 5.41) is 11.0. The van der Waals surface area contributed by atoms with E-state index < -0.39 is 0 Å². The standard InChI is InChI=1S/C10H9NOS/c12-7-8-4-9(6-11-5-8)10-2-1-3-13-10/h1-6,12H,7H2. The van der Waals surface area contributed by atoms with E-state index in [1.165, 1.54) is 4.88 Å². The van der Waals surface area contributed by atoms with Gasteiger partial charge in [0.2, 0.25) is 0 Å². The van der Waals surface area contributed by atoms with Crippen molar-refractivity contribution in [1.82, 2.24) is 4.98 Å². The van der Waals surface area contributed by atoms with E-state index in [4.69, 9.17) is 5.11 Å². The smallest absolute Gasteiger partial charge is 0.0697 e. The Morgan fingerprint density at radius 2 is 2.31 bits per heavy atom. The van der Waals surface area contributed by atoms with Crippen molar-refractivity contribution in [1.29, 1.82) is 0 Å². The molecule has 0 fully saturated rings. The Hall–Kier alpha value is -1.19. The van der Waals surface area contributed by atoms with Crippen LogP contribution in [0.4, 0.5) is 0 Å². The number of aliphatic hydroxyl groups is 1. The van der Waals surface area contributed by atoms with Gasteiger partial charge in [-0.2, -0.15) is 0 Å². The molecule has 0 bridgehead atoms. The third-order valence-corrected chi connectivity index (χ3v) is 2.70. The first-order valence-electron chi connectivity index (χ1n) is 3.99. The zero-order chi connectivity index (χ0) is 9.10. The van der Waals surface area contributed by atoms with Crippen LogP contribution in [0.25, 0.3) is 10.4 Å². The lowest BCUT2D eigenvalue weighted by Crippen LogP contribution is -1.85. The van der Waals surface area contributed by atoms with Crippen molar-refractivity contribution in [2.24, 2.45) is 0 Å². The Bertz CT molecular complexity index is 384. The highest BCUT2D eigenvalue weighted by molar-refractivity contribution is 7.13. The van der Waals surface area contributed by atoms with Crippen LogP contribution in [0, 0.1) is 0 Å². The van der Waals surface area contributed by atoms with Crippen molar-refractivity contribution < 1.29 is 5.11 Å². The highest BCUT2D eigenvalue weighted by Crippen LogP contribution is 2.24. The number of hydrogen-bond donors (Lipinski definition) is 1. The van der Waals surface area contributed by atoms with Gasteiger partial charge in [0.15, 0.2) is 0 Å². The fourth-order valence-corrected chi connectivity index (χ4v) is 1.86. The maximum atomic E-state index is 8.92. The number of aliphatic hydroxyl groups excluding tert-OH is 1. The molecule has 0 aliphatic carbocycles. The molecule has 2 aromatic heterocycles. The van der Waals surface area contributed by atoms with Crippen LogP contribution in [0.3, 0.4) is 0 Å². The van der Waals surface area contributed by atoms with Crippen LogP contribution in [-0.2, 0) is 6.61 Å². The lowest BCUT2D eigenvalue weighted by atomic mass is 10.2. The van der Waals surface area contributed by atoms with Crippen LogP contribution in [0.15, 0.2) is 36.0 Å². The molecule has 0 radical (unpaired) electrons. The summed E-state index contributed by atoms with van der Waals surface area (Å²) in [5.74, 6) is 0. The normalized spacial score (nSPS) is 10.2. The van der Waals surface area contributed by atoms with Gasteiger partial charge in [0.25, 0.3) is 0 Å². The average Bonchev–Trinajstić information content (AvgIpc) is 2.71.